The molecule has 0 aliphatic rings. The maximum absolute atomic E-state index is 11.5. The van der Waals surface area contributed by atoms with Crippen molar-refractivity contribution in [2.45, 2.75) is 45.6 Å². The third-order valence-corrected chi connectivity index (χ3v) is 5.24. The lowest BCUT2D eigenvalue weighted by Gasteiger charge is -2.17. The smallest absolute Gasteiger partial charge is 0.150 e. The highest BCUT2D eigenvalue weighted by Gasteiger charge is 2.11. The van der Waals surface area contributed by atoms with Crippen LogP contribution in [0.5, 0.6) is 0 Å². The van der Waals surface area contributed by atoms with Gasteiger partial charge in [-0.3, -0.25) is 4.98 Å². The summed E-state index contributed by atoms with van der Waals surface area (Å²) in [4.78, 5) is 4.11. The minimum Gasteiger partial charge on any atom is -0.314 e. The largest absolute Gasteiger partial charge is 0.314 e. The Hall–Kier alpha value is -0.940. The number of nitrogens with zero attached hydrogens (tertiary/aromatic N) is 1. The average molecular weight is 298 g/mol. The Labute approximate surface area is 122 Å². The highest BCUT2D eigenvalue weighted by atomic mass is 32.2. The van der Waals surface area contributed by atoms with E-state index < -0.39 is 9.84 Å². The first-order valence-electron chi connectivity index (χ1n) is 7.40. The summed E-state index contributed by atoms with van der Waals surface area (Å²) in [5.41, 5.74) is 1.23. The van der Waals surface area contributed by atoms with Gasteiger partial charge in [-0.1, -0.05) is 19.9 Å². The third kappa shape index (κ3) is 7.01. The maximum atomic E-state index is 11.5. The van der Waals surface area contributed by atoms with Gasteiger partial charge in [0.05, 0.1) is 5.75 Å². The molecule has 0 aliphatic carbocycles. The number of rotatable bonds is 10. The number of pyridine rings is 1. The van der Waals surface area contributed by atoms with Gasteiger partial charge in [-0.05, 0) is 43.9 Å². The van der Waals surface area contributed by atoms with Gasteiger partial charge in [-0.2, -0.15) is 0 Å². The molecule has 0 saturated heterocycles. The molecular weight excluding hydrogens is 272 g/mol. The van der Waals surface area contributed by atoms with Crippen LogP contribution in [0, 0.1) is 0 Å². The molecule has 0 spiro atoms. The molecule has 1 aromatic heterocycles. The van der Waals surface area contributed by atoms with Gasteiger partial charge >= 0.3 is 0 Å². The summed E-state index contributed by atoms with van der Waals surface area (Å²) in [6.07, 6.45) is 7.32. The SMILES string of the molecule is CCNC(CCCS(=O)(=O)CC)CCc1cccnc1. The lowest BCUT2D eigenvalue weighted by atomic mass is 10.0. The molecule has 1 N–H and O–H groups in total. The molecule has 0 amide bonds. The Morgan fingerprint density at radius 2 is 2.10 bits per heavy atom. The number of hydrogen-bond acceptors (Lipinski definition) is 4. The molecule has 0 aromatic carbocycles. The fourth-order valence-electron chi connectivity index (χ4n) is 2.22. The Morgan fingerprint density at radius 3 is 2.70 bits per heavy atom. The average Bonchev–Trinajstić information content (AvgIpc) is 2.46. The summed E-state index contributed by atoms with van der Waals surface area (Å²) < 4.78 is 23.0. The van der Waals surface area contributed by atoms with E-state index >= 15 is 0 Å². The van der Waals surface area contributed by atoms with Gasteiger partial charge in [0.1, 0.15) is 9.84 Å². The molecule has 0 aliphatic heterocycles. The summed E-state index contributed by atoms with van der Waals surface area (Å²) in [6, 6.07) is 4.41. The second-order valence-corrected chi connectivity index (χ2v) is 7.51. The van der Waals surface area contributed by atoms with Gasteiger partial charge in [0.2, 0.25) is 0 Å². The molecule has 114 valence electrons. The van der Waals surface area contributed by atoms with Crippen molar-refractivity contribution < 1.29 is 8.42 Å². The van der Waals surface area contributed by atoms with Crippen LogP contribution < -0.4 is 5.32 Å². The van der Waals surface area contributed by atoms with Crippen LogP contribution in [0.15, 0.2) is 24.5 Å². The van der Waals surface area contributed by atoms with Crippen molar-refractivity contribution in [1.29, 1.82) is 0 Å². The van der Waals surface area contributed by atoms with Gasteiger partial charge in [0.25, 0.3) is 0 Å². The second-order valence-electron chi connectivity index (χ2n) is 5.03. The van der Waals surface area contributed by atoms with Crippen molar-refractivity contribution >= 4 is 9.84 Å². The van der Waals surface area contributed by atoms with Crippen molar-refractivity contribution in [2.75, 3.05) is 18.1 Å². The zero-order chi connectivity index (χ0) is 14.8. The summed E-state index contributed by atoms with van der Waals surface area (Å²) in [5, 5.41) is 3.44. The fourth-order valence-corrected chi connectivity index (χ4v) is 3.11. The van der Waals surface area contributed by atoms with Crippen molar-refractivity contribution in [3.05, 3.63) is 30.1 Å². The van der Waals surface area contributed by atoms with Gasteiger partial charge in [0.15, 0.2) is 0 Å². The number of sulfone groups is 1. The molecule has 20 heavy (non-hydrogen) atoms. The first-order chi connectivity index (χ1) is 9.57. The van der Waals surface area contributed by atoms with Crippen LogP contribution in [0.1, 0.15) is 38.7 Å². The van der Waals surface area contributed by atoms with Gasteiger partial charge in [0, 0.05) is 24.2 Å². The molecule has 1 unspecified atom stereocenters. The normalized spacial score (nSPS) is 13.3. The van der Waals surface area contributed by atoms with E-state index in [4.69, 9.17) is 0 Å². The lowest BCUT2D eigenvalue weighted by molar-refractivity contribution is 0.459. The Balaban J connectivity index is 2.36. The predicted molar refractivity (Wildman–Crippen MR) is 83.6 cm³/mol. The Kier molecular flexibility index (Phi) is 7.77. The third-order valence-electron chi connectivity index (χ3n) is 3.44. The van der Waals surface area contributed by atoms with Crippen molar-refractivity contribution in [2.24, 2.45) is 0 Å². The number of aromatic nitrogens is 1. The molecule has 1 atom stereocenters. The van der Waals surface area contributed by atoms with E-state index in [1.54, 1.807) is 13.1 Å². The van der Waals surface area contributed by atoms with Gasteiger partial charge in [-0.25, -0.2) is 8.42 Å². The van der Waals surface area contributed by atoms with Crippen LogP contribution in [-0.4, -0.2) is 37.5 Å². The lowest BCUT2D eigenvalue weighted by Crippen LogP contribution is -2.30. The fraction of sp³-hybridized carbons (Fsp3) is 0.667. The zero-order valence-corrected chi connectivity index (χ0v) is 13.3. The maximum Gasteiger partial charge on any atom is 0.150 e. The van der Waals surface area contributed by atoms with E-state index in [0.29, 0.717) is 11.8 Å². The molecule has 1 heterocycles. The Bertz CT molecular complexity index is 460. The van der Waals surface area contributed by atoms with Gasteiger partial charge in [-0.15, -0.1) is 0 Å². The number of hydrogen-bond donors (Lipinski definition) is 1. The molecule has 4 nitrogen and oxygen atoms in total. The van der Waals surface area contributed by atoms with E-state index in [1.807, 2.05) is 12.3 Å². The molecule has 5 heteroatoms. The highest BCUT2D eigenvalue weighted by molar-refractivity contribution is 7.91. The zero-order valence-electron chi connectivity index (χ0n) is 12.5. The summed E-state index contributed by atoms with van der Waals surface area (Å²) in [5.74, 6) is 0.548. The van der Waals surface area contributed by atoms with Crippen LogP contribution in [0.25, 0.3) is 0 Å². The molecule has 0 saturated carbocycles. The number of aryl methyl sites for hydroxylation is 1. The van der Waals surface area contributed by atoms with Crippen LogP contribution >= 0.6 is 0 Å². The molecular formula is C15H26N2O2S. The van der Waals surface area contributed by atoms with Crippen molar-refractivity contribution in [1.82, 2.24) is 10.3 Å². The first-order valence-corrected chi connectivity index (χ1v) is 9.22. The van der Waals surface area contributed by atoms with Gasteiger partial charge < -0.3 is 5.32 Å². The standard InChI is InChI=1S/C15H26N2O2S/c1-3-17-15(8-6-12-20(18,19)4-2)10-9-14-7-5-11-16-13-14/h5,7,11,13,15,17H,3-4,6,8-10,12H2,1-2H3. The van der Waals surface area contributed by atoms with Crippen molar-refractivity contribution in [3.63, 3.8) is 0 Å². The van der Waals surface area contributed by atoms with Crippen LogP contribution in [0.2, 0.25) is 0 Å². The van der Waals surface area contributed by atoms with E-state index in [1.165, 1.54) is 5.56 Å². The van der Waals surface area contributed by atoms with Crippen LogP contribution in [-0.2, 0) is 16.3 Å². The highest BCUT2D eigenvalue weighted by Crippen LogP contribution is 2.09. The molecule has 0 radical (unpaired) electrons. The molecule has 0 bridgehead atoms. The minimum absolute atomic E-state index is 0.245. The van der Waals surface area contributed by atoms with Crippen LogP contribution in [0.4, 0.5) is 0 Å². The van der Waals surface area contributed by atoms with Crippen LogP contribution in [0.3, 0.4) is 0 Å². The second kappa shape index (κ2) is 9.08. The summed E-state index contributed by atoms with van der Waals surface area (Å²) in [6.45, 7) is 4.71. The first kappa shape index (κ1) is 17.1. The predicted octanol–water partition coefficient (Wildman–Crippen LogP) is 2.21. The van der Waals surface area contributed by atoms with E-state index in [0.717, 1.165) is 32.2 Å². The minimum atomic E-state index is -2.83. The quantitative estimate of drug-likeness (QED) is 0.719. The van der Waals surface area contributed by atoms with Crippen molar-refractivity contribution in [3.8, 4) is 0 Å². The van der Waals surface area contributed by atoms with E-state index in [-0.39, 0.29) is 5.75 Å². The monoisotopic (exact) mass is 298 g/mol. The summed E-state index contributed by atoms with van der Waals surface area (Å²) >= 11 is 0. The molecule has 1 aromatic rings. The number of nitrogens with one attached hydrogen (secondary N) is 1. The molecule has 1 rings (SSSR count). The Morgan fingerprint density at radius 1 is 1.30 bits per heavy atom. The van der Waals surface area contributed by atoms with E-state index in [9.17, 15) is 8.42 Å². The topological polar surface area (TPSA) is 59.1 Å². The summed E-state index contributed by atoms with van der Waals surface area (Å²) in [7, 11) is -2.83. The molecule has 0 fully saturated rings. The van der Waals surface area contributed by atoms with E-state index in [2.05, 4.69) is 23.3 Å².